The highest BCUT2D eigenvalue weighted by atomic mass is 15.1. The lowest BCUT2D eigenvalue weighted by atomic mass is 10.1. The Morgan fingerprint density at radius 1 is 0.793 bits per heavy atom. The number of benzene rings is 2. The summed E-state index contributed by atoms with van der Waals surface area (Å²) in [7, 11) is 0. The van der Waals surface area contributed by atoms with Crippen LogP contribution in [0, 0.1) is 0 Å². The topological polar surface area (TPSA) is 53.9 Å². The van der Waals surface area contributed by atoms with E-state index in [0.29, 0.717) is 0 Å². The number of nitrogens with one attached hydrogen (secondary N) is 1. The van der Waals surface area contributed by atoms with Crippen molar-refractivity contribution in [3.63, 3.8) is 0 Å². The van der Waals surface area contributed by atoms with E-state index in [0.717, 1.165) is 46.8 Å². The molecule has 1 N–H and O–H groups in total. The number of aromatic nitrogens is 3. The van der Waals surface area contributed by atoms with Gasteiger partial charge in [0.25, 0.3) is 0 Å². The smallest absolute Gasteiger partial charge is 0.115 e. The monoisotopic (exact) mass is 381 g/mol. The molecule has 0 radical (unpaired) electrons. The van der Waals surface area contributed by atoms with Gasteiger partial charge in [-0.15, -0.1) is 0 Å². The molecule has 0 bridgehead atoms. The molecule has 5 rings (SSSR count). The molecule has 1 fully saturated rings. The minimum absolute atomic E-state index is 0.781. The van der Waals surface area contributed by atoms with E-state index in [1.165, 1.54) is 24.9 Å². The summed E-state index contributed by atoms with van der Waals surface area (Å²) < 4.78 is 0. The third-order valence-electron chi connectivity index (χ3n) is 5.39. The van der Waals surface area contributed by atoms with Crippen molar-refractivity contribution >= 4 is 28.1 Å². The van der Waals surface area contributed by atoms with Gasteiger partial charge < -0.3 is 10.2 Å². The predicted octanol–water partition coefficient (Wildman–Crippen LogP) is 5.43. The minimum atomic E-state index is 0.781. The molecular weight excluding hydrogens is 358 g/mol. The SMILES string of the molecule is c1ccc(Nc2cncc3nc(-c4ccc(N5CCCCC5)cc4)cnc23)cc1. The zero-order valence-corrected chi connectivity index (χ0v) is 16.3. The summed E-state index contributed by atoms with van der Waals surface area (Å²) in [5, 5.41) is 3.38. The van der Waals surface area contributed by atoms with Crippen LogP contribution in [-0.4, -0.2) is 28.0 Å². The van der Waals surface area contributed by atoms with Crippen LogP contribution in [0.5, 0.6) is 0 Å². The number of fused-ring (bicyclic) bond motifs is 1. The van der Waals surface area contributed by atoms with Crippen LogP contribution in [-0.2, 0) is 0 Å². The van der Waals surface area contributed by atoms with E-state index < -0.39 is 0 Å². The molecule has 1 saturated heterocycles. The molecule has 0 atom stereocenters. The molecule has 0 unspecified atom stereocenters. The summed E-state index contributed by atoms with van der Waals surface area (Å²) in [5.74, 6) is 0. The molecule has 5 heteroatoms. The van der Waals surface area contributed by atoms with Gasteiger partial charge in [-0.3, -0.25) is 9.97 Å². The van der Waals surface area contributed by atoms with Gasteiger partial charge in [0.05, 0.1) is 30.0 Å². The third-order valence-corrected chi connectivity index (χ3v) is 5.39. The number of pyridine rings is 1. The fourth-order valence-corrected chi connectivity index (χ4v) is 3.85. The third kappa shape index (κ3) is 3.76. The minimum Gasteiger partial charge on any atom is -0.372 e. The van der Waals surface area contributed by atoms with Crippen molar-refractivity contribution in [3.8, 4) is 11.3 Å². The molecule has 144 valence electrons. The first-order chi connectivity index (χ1) is 14.4. The Hall–Kier alpha value is -3.47. The van der Waals surface area contributed by atoms with Gasteiger partial charge in [0, 0.05) is 30.0 Å². The Morgan fingerprint density at radius 3 is 2.38 bits per heavy atom. The van der Waals surface area contributed by atoms with E-state index >= 15 is 0 Å². The molecule has 5 nitrogen and oxygen atoms in total. The molecule has 0 spiro atoms. The second-order valence-electron chi connectivity index (χ2n) is 7.40. The van der Waals surface area contributed by atoms with Crippen molar-refractivity contribution in [1.29, 1.82) is 0 Å². The number of hydrogen-bond acceptors (Lipinski definition) is 5. The second-order valence-corrected chi connectivity index (χ2v) is 7.40. The zero-order chi connectivity index (χ0) is 19.5. The fraction of sp³-hybridized carbons (Fsp3) is 0.208. The summed E-state index contributed by atoms with van der Waals surface area (Å²) in [4.78, 5) is 16.3. The average Bonchev–Trinajstić information content (AvgIpc) is 2.80. The highest BCUT2D eigenvalue weighted by Gasteiger charge is 2.12. The van der Waals surface area contributed by atoms with Gasteiger partial charge in [-0.2, -0.15) is 0 Å². The number of para-hydroxylation sites is 1. The van der Waals surface area contributed by atoms with Gasteiger partial charge in [-0.05, 0) is 43.5 Å². The molecule has 1 aliphatic heterocycles. The Balaban J connectivity index is 1.42. The van der Waals surface area contributed by atoms with Crippen molar-refractivity contribution in [3.05, 3.63) is 73.2 Å². The molecule has 0 amide bonds. The van der Waals surface area contributed by atoms with Crippen LogP contribution in [0.1, 0.15) is 19.3 Å². The first-order valence-electron chi connectivity index (χ1n) is 10.1. The Morgan fingerprint density at radius 2 is 1.59 bits per heavy atom. The zero-order valence-electron chi connectivity index (χ0n) is 16.3. The summed E-state index contributed by atoms with van der Waals surface area (Å²) in [6.45, 7) is 2.30. The molecule has 1 aliphatic rings. The first-order valence-corrected chi connectivity index (χ1v) is 10.1. The molecule has 0 aliphatic carbocycles. The van der Waals surface area contributed by atoms with E-state index in [2.05, 4.69) is 39.5 Å². The summed E-state index contributed by atoms with van der Waals surface area (Å²) in [6, 6.07) is 18.7. The average molecular weight is 381 g/mol. The van der Waals surface area contributed by atoms with E-state index in [1.54, 1.807) is 12.4 Å². The lowest BCUT2D eigenvalue weighted by molar-refractivity contribution is 0.578. The number of rotatable bonds is 4. The highest BCUT2D eigenvalue weighted by molar-refractivity contribution is 5.89. The highest BCUT2D eigenvalue weighted by Crippen LogP contribution is 2.27. The lowest BCUT2D eigenvalue weighted by Crippen LogP contribution is -2.29. The van der Waals surface area contributed by atoms with Crippen molar-refractivity contribution in [2.45, 2.75) is 19.3 Å². The van der Waals surface area contributed by atoms with Gasteiger partial charge >= 0.3 is 0 Å². The van der Waals surface area contributed by atoms with Crippen molar-refractivity contribution in [1.82, 2.24) is 15.0 Å². The number of piperidine rings is 1. The Kier molecular flexibility index (Phi) is 4.78. The number of anilines is 3. The molecule has 3 heterocycles. The van der Waals surface area contributed by atoms with Crippen LogP contribution >= 0.6 is 0 Å². The number of nitrogens with zero attached hydrogens (tertiary/aromatic N) is 4. The molecule has 29 heavy (non-hydrogen) atoms. The molecule has 4 aromatic rings. The van der Waals surface area contributed by atoms with Crippen LogP contribution in [0.25, 0.3) is 22.3 Å². The standard InChI is InChI=1S/C24H23N5/c1-3-7-19(8-4-1)27-22-15-25-16-23-24(22)26-17-21(28-23)18-9-11-20(12-10-18)29-13-5-2-6-14-29/h1,3-4,7-12,15-17,27H,2,5-6,13-14H2. The first kappa shape index (κ1) is 17.6. The Labute approximate surface area is 170 Å². The van der Waals surface area contributed by atoms with Gasteiger partial charge in [0.15, 0.2) is 0 Å². The molecule has 0 saturated carbocycles. The van der Waals surface area contributed by atoms with Crippen LogP contribution in [0.3, 0.4) is 0 Å². The molecule has 2 aromatic heterocycles. The van der Waals surface area contributed by atoms with Crippen LogP contribution in [0.2, 0.25) is 0 Å². The van der Waals surface area contributed by atoms with Crippen molar-refractivity contribution in [2.24, 2.45) is 0 Å². The molecule has 2 aromatic carbocycles. The normalized spacial score (nSPS) is 14.1. The van der Waals surface area contributed by atoms with Crippen molar-refractivity contribution in [2.75, 3.05) is 23.3 Å². The van der Waals surface area contributed by atoms with Crippen molar-refractivity contribution < 1.29 is 0 Å². The van der Waals surface area contributed by atoms with E-state index in [1.807, 2.05) is 36.5 Å². The largest absolute Gasteiger partial charge is 0.372 e. The predicted molar refractivity (Wildman–Crippen MR) is 119 cm³/mol. The quantitative estimate of drug-likeness (QED) is 0.511. The number of hydrogen-bond donors (Lipinski definition) is 1. The van der Waals surface area contributed by atoms with E-state index in [4.69, 9.17) is 9.97 Å². The van der Waals surface area contributed by atoms with Crippen LogP contribution in [0.15, 0.2) is 73.2 Å². The van der Waals surface area contributed by atoms with E-state index in [9.17, 15) is 0 Å². The maximum Gasteiger partial charge on any atom is 0.115 e. The molecular formula is C24H23N5. The van der Waals surface area contributed by atoms with Crippen LogP contribution < -0.4 is 10.2 Å². The van der Waals surface area contributed by atoms with Gasteiger partial charge in [0.2, 0.25) is 0 Å². The van der Waals surface area contributed by atoms with Crippen LogP contribution in [0.4, 0.5) is 17.1 Å². The lowest BCUT2D eigenvalue weighted by Gasteiger charge is -2.28. The maximum absolute atomic E-state index is 4.81. The fourth-order valence-electron chi connectivity index (χ4n) is 3.85. The summed E-state index contributed by atoms with van der Waals surface area (Å²) in [5.41, 5.74) is 6.68. The second kappa shape index (κ2) is 7.87. The maximum atomic E-state index is 4.81. The summed E-state index contributed by atoms with van der Waals surface area (Å²) >= 11 is 0. The summed E-state index contributed by atoms with van der Waals surface area (Å²) in [6.07, 6.45) is 9.31. The van der Waals surface area contributed by atoms with E-state index in [-0.39, 0.29) is 0 Å². The Bertz CT molecular complexity index is 1100. The van der Waals surface area contributed by atoms with Gasteiger partial charge in [-0.1, -0.05) is 30.3 Å². The van der Waals surface area contributed by atoms with Gasteiger partial charge in [-0.25, -0.2) is 4.98 Å². The van der Waals surface area contributed by atoms with Gasteiger partial charge in [0.1, 0.15) is 11.0 Å².